The van der Waals surface area contributed by atoms with E-state index >= 15 is 0 Å². The summed E-state index contributed by atoms with van der Waals surface area (Å²) in [7, 11) is 0. The van der Waals surface area contributed by atoms with Crippen LogP contribution in [0.2, 0.25) is 0 Å². The second-order valence-electron chi connectivity index (χ2n) is 8.36. The van der Waals surface area contributed by atoms with E-state index in [4.69, 9.17) is 0 Å². The Balaban J connectivity index is 1.57. The summed E-state index contributed by atoms with van der Waals surface area (Å²) in [6, 6.07) is 11.2. The lowest BCUT2D eigenvalue weighted by Gasteiger charge is -2.48. The van der Waals surface area contributed by atoms with Gasteiger partial charge < -0.3 is 5.11 Å². The number of rotatable bonds is 4. The standard InChI is InChI=1S/C22H33NO/c1-17(2)20-9-12-22(3,24)21(16-20)23-13-10-19(11-14-23)15-18-7-5-4-6-8-18/h4-8,19-21,24H,1,9-16H2,2-3H3/t20-,21+,22+/m1/s1. The monoisotopic (exact) mass is 327 g/mol. The molecule has 132 valence electrons. The highest BCUT2D eigenvalue weighted by molar-refractivity contribution is 5.15. The summed E-state index contributed by atoms with van der Waals surface area (Å²) in [4.78, 5) is 2.57. The van der Waals surface area contributed by atoms with Gasteiger partial charge in [0.2, 0.25) is 0 Å². The topological polar surface area (TPSA) is 23.5 Å². The summed E-state index contributed by atoms with van der Waals surface area (Å²) < 4.78 is 0. The molecule has 1 N–H and O–H groups in total. The maximum Gasteiger partial charge on any atom is 0.0774 e. The van der Waals surface area contributed by atoms with Crippen LogP contribution in [0.5, 0.6) is 0 Å². The van der Waals surface area contributed by atoms with Crippen LogP contribution in [0, 0.1) is 11.8 Å². The molecule has 1 saturated heterocycles. The zero-order valence-electron chi connectivity index (χ0n) is 15.4. The number of benzene rings is 1. The Bertz CT molecular complexity index is 542. The van der Waals surface area contributed by atoms with Gasteiger partial charge in [-0.05, 0) is 82.9 Å². The lowest BCUT2D eigenvalue weighted by molar-refractivity contribution is -0.0771. The number of hydrogen-bond acceptors (Lipinski definition) is 2. The molecule has 3 atom stereocenters. The minimum Gasteiger partial charge on any atom is -0.389 e. The van der Waals surface area contributed by atoms with Crippen LogP contribution < -0.4 is 0 Å². The summed E-state index contributed by atoms with van der Waals surface area (Å²) in [6.07, 6.45) is 6.76. The van der Waals surface area contributed by atoms with Crippen LogP contribution in [0.25, 0.3) is 0 Å². The number of piperidine rings is 1. The quantitative estimate of drug-likeness (QED) is 0.827. The van der Waals surface area contributed by atoms with Crippen molar-refractivity contribution in [2.24, 2.45) is 11.8 Å². The van der Waals surface area contributed by atoms with Crippen LogP contribution in [0.3, 0.4) is 0 Å². The van der Waals surface area contributed by atoms with E-state index in [1.54, 1.807) is 0 Å². The smallest absolute Gasteiger partial charge is 0.0774 e. The van der Waals surface area contributed by atoms with Gasteiger partial charge in [-0.3, -0.25) is 4.90 Å². The third-order valence-electron chi connectivity index (χ3n) is 6.38. The Morgan fingerprint density at radius 3 is 2.50 bits per heavy atom. The van der Waals surface area contributed by atoms with Gasteiger partial charge in [0.1, 0.15) is 0 Å². The van der Waals surface area contributed by atoms with Crippen molar-refractivity contribution in [2.45, 2.75) is 64.0 Å². The molecule has 1 aliphatic heterocycles. The molecule has 2 nitrogen and oxygen atoms in total. The fraction of sp³-hybridized carbons (Fsp3) is 0.636. The van der Waals surface area contributed by atoms with Gasteiger partial charge in [-0.15, -0.1) is 0 Å². The molecule has 1 saturated carbocycles. The fourth-order valence-corrected chi connectivity index (χ4v) is 4.68. The molecule has 1 aliphatic carbocycles. The predicted octanol–water partition coefficient (Wildman–Crippen LogP) is 4.44. The van der Waals surface area contributed by atoms with Gasteiger partial charge in [-0.1, -0.05) is 42.5 Å². The van der Waals surface area contributed by atoms with Crippen molar-refractivity contribution < 1.29 is 5.11 Å². The summed E-state index contributed by atoms with van der Waals surface area (Å²) in [5.74, 6) is 1.37. The van der Waals surface area contributed by atoms with Crippen molar-refractivity contribution in [3.63, 3.8) is 0 Å². The molecule has 3 rings (SSSR count). The third kappa shape index (κ3) is 4.10. The molecule has 0 bridgehead atoms. The minimum atomic E-state index is -0.543. The Morgan fingerprint density at radius 1 is 1.21 bits per heavy atom. The van der Waals surface area contributed by atoms with E-state index in [1.807, 2.05) is 6.92 Å². The van der Waals surface area contributed by atoms with Crippen LogP contribution in [0.15, 0.2) is 42.5 Å². The molecule has 24 heavy (non-hydrogen) atoms. The van der Waals surface area contributed by atoms with E-state index < -0.39 is 5.60 Å². The van der Waals surface area contributed by atoms with Crippen LogP contribution in [0.4, 0.5) is 0 Å². The highest BCUT2D eigenvalue weighted by Crippen LogP contribution is 2.39. The van der Waals surface area contributed by atoms with Gasteiger partial charge in [0.15, 0.2) is 0 Å². The Kier molecular flexibility index (Phi) is 5.46. The number of hydrogen-bond donors (Lipinski definition) is 1. The average molecular weight is 328 g/mol. The van der Waals surface area contributed by atoms with Crippen molar-refractivity contribution >= 4 is 0 Å². The lowest BCUT2D eigenvalue weighted by atomic mass is 9.72. The molecule has 2 fully saturated rings. The Labute approximate surface area is 147 Å². The first kappa shape index (κ1) is 17.7. The zero-order chi connectivity index (χ0) is 17.2. The van der Waals surface area contributed by atoms with E-state index in [2.05, 4.69) is 48.7 Å². The van der Waals surface area contributed by atoms with E-state index in [0.717, 1.165) is 38.3 Å². The highest BCUT2D eigenvalue weighted by Gasteiger charge is 2.42. The number of aliphatic hydroxyl groups is 1. The van der Waals surface area contributed by atoms with Crippen LogP contribution in [-0.2, 0) is 6.42 Å². The fourth-order valence-electron chi connectivity index (χ4n) is 4.68. The molecule has 2 aliphatic rings. The first-order chi connectivity index (χ1) is 11.5. The molecule has 2 heteroatoms. The van der Waals surface area contributed by atoms with Crippen molar-refractivity contribution in [1.82, 2.24) is 4.90 Å². The third-order valence-corrected chi connectivity index (χ3v) is 6.38. The molecule has 1 aromatic rings. The van der Waals surface area contributed by atoms with Crippen molar-refractivity contribution in [1.29, 1.82) is 0 Å². The largest absolute Gasteiger partial charge is 0.389 e. The summed E-state index contributed by atoms with van der Waals surface area (Å²) in [5.41, 5.74) is 2.20. The molecule has 0 amide bonds. The van der Waals surface area contributed by atoms with Crippen molar-refractivity contribution in [3.05, 3.63) is 48.0 Å². The molecule has 0 aromatic heterocycles. The lowest BCUT2D eigenvalue weighted by Crippen LogP contribution is -2.56. The normalized spacial score (nSPS) is 32.6. The van der Waals surface area contributed by atoms with Crippen LogP contribution in [-0.4, -0.2) is 34.7 Å². The zero-order valence-corrected chi connectivity index (χ0v) is 15.4. The van der Waals surface area contributed by atoms with Gasteiger partial charge in [0.05, 0.1) is 5.60 Å². The van der Waals surface area contributed by atoms with Crippen molar-refractivity contribution in [3.8, 4) is 0 Å². The van der Waals surface area contributed by atoms with E-state index in [1.165, 1.54) is 30.4 Å². The van der Waals surface area contributed by atoms with Gasteiger partial charge in [0.25, 0.3) is 0 Å². The summed E-state index contributed by atoms with van der Waals surface area (Å²) in [6.45, 7) is 10.6. The molecule has 0 radical (unpaired) electrons. The highest BCUT2D eigenvalue weighted by atomic mass is 16.3. The second kappa shape index (κ2) is 7.41. The molecule has 0 spiro atoms. The number of nitrogens with zero attached hydrogens (tertiary/aromatic N) is 1. The summed E-state index contributed by atoms with van der Waals surface area (Å²) in [5, 5.41) is 10.9. The first-order valence-electron chi connectivity index (χ1n) is 9.61. The maximum absolute atomic E-state index is 10.9. The van der Waals surface area contributed by atoms with Gasteiger partial charge in [-0.25, -0.2) is 0 Å². The van der Waals surface area contributed by atoms with Crippen LogP contribution >= 0.6 is 0 Å². The number of likely N-dealkylation sites (tertiary alicyclic amines) is 1. The second-order valence-corrected chi connectivity index (χ2v) is 8.36. The Morgan fingerprint density at radius 2 is 1.88 bits per heavy atom. The van der Waals surface area contributed by atoms with Gasteiger partial charge in [-0.2, -0.15) is 0 Å². The van der Waals surface area contributed by atoms with Gasteiger partial charge in [0, 0.05) is 6.04 Å². The molecule has 1 aromatic carbocycles. The summed E-state index contributed by atoms with van der Waals surface area (Å²) >= 11 is 0. The van der Waals surface area contributed by atoms with Gasteiger partial charge >= 0.3 is 0 Å². The number of allylic oxidation sites excluding steroid dienone is 1. The van der Waals surface area contributed by atoms with E-state index in [0.29, 0.717) is 12.0 Å². The molecule has 1 heterocycles. The molecule has 0 unspecified atom stereocenters. The SMILES string of the molecule is C=C(C)[C@@H]1CC[C@](C)(O)[C@@H](N2CCC(Cc3ccccc3)CC2)C1. The maximum atomic E-state index is 10.9. The van der Waals surface area contributed by atoms with E-state index in [9.17, 15) is 5.11 Å². The van der Waals surface area contributed by atoms with E-state index in [-0.39, 0.29) is 0 Å². The first-order valence-corrected chi connectivity index (χ1v) is 9.61. The Hall–Kier alpha value is -1.12. The molecular formula is C22H33NO. The predicted molar refractivity (Wildman–Crippen MR) is 101 cm³/mol. The average Bonchev–Trinajstić information content (AvgIpc) is 2.56. The van der Waals surface area contributed by atoms with Crippen molar-refractivity contribution in [2.75, 3.05) is 13.1 Å². The molecular weight excluding hydrogens is 294 g/mol. The van der Waals surface area contributed by atoms with Crippen LogP contribution in [0.1, 0.15) is 51.5 Å². The minimum absolute atomic E-state index is 0.297.